The third-order valence-electron chi connectivity index (χ3n) is 1.44. The summed E-state index contributed by atoms with van der Waals surface area (Å²) >= 11 is 0. The Labute approximate surface area is 69.9 Å². The minimum absolute atomic E-state index is 0.500. The highest BCUT2D eigenvalue weighted by molar-refractivity contribution is 5.38. The number of halogens is 1. The van der Waals surface area contributed by atoms with Crippen molar-refractivity contribution in [1.29, 1.82) is 0 Å². The molecule has 0 aliphatic carbocycles. The average molecular weight is 167 g/mol. The second-order valence-corrected chi connectivity index (χ2v) is 2.27. The highest BCUT2D eigenvalue weighted by atomic mass is 19.1. The smallest absolute Gasteiger partial charge is 0.155 e. The van der Waals surface area contributed by atoms with Crippen molar-refractivity contribution in [3.05, 3.63) is 30.2 Å². The predicted octanol–water partition coefficient (Wildman–Crippen LogP) is 1.62. The van der Waals surface area contributed by atoms with E-state index in [1.165, 1.54) is 5.56 Å². The molecule has 12 heavy (non-hydrogen) atoms. The summed E-state index contributed by atoms with van der Waals surface area (Å²) in [5.74, 6) is 0. The zero-order valence-corrected chi connectivity index (χ0v) is 7.03. The van der Waals surface area contributed by atoms with Crippen molar-refractivity contribution in [2.75, 3.05) is 7.18 Å². The summed E-state index contributed by atoms with van der Waals surface area (Å²) in [5, 5.41) is 3.97. The number of pyridine rings is 1. The number of hydrogen-bond donors (Lipinski definition) is 0. The monoisotopic (exact) mass is 167 g/mol. The molecule has 0 unspecified atom stereocenters. The number of aryl methyl sites for hydroxylation is 1. The van der Waals surface area contributed by atoms with E-state index in [2.05, 4.69) is 10.1 Å². The van der Waals surface area contributed by atoms with Crippen molar-refractivity contribution in [1.82, 2.24) is 14.6 Å². The number of alkyl halides is 1. The van der Waals surface area contributed by atoms with Crippen molar-refractivity contribution in [3.63, 3.8) is 0 Å². The molecule has 0 radical (unpaired) electrons. The Balaban J connectivity index is 0.000000336. The number of aromatic nitrogens is 3. The van der Waals surface area contributed by atoms with E-state index >= 15 is 0 Å². The fraction of sp³-hybridized carbons (Fsp3) is 0.250. The predicted molar refractivity (Wildman–Crippen MR) is 44.8 cm³/mol. The van der Waals surface area contributed by atoms with E-state index in [-0.39, 0.29) is 0 Å². The molecule has 4 heteroatoms. The number of rotatable bonds is 0. The van der Waals surface area contributed by atoms with Crippen LogP contribution in [0.3, 0.4) is 0 Å². The lowest BCUT2D eigenvalue weighted by atomic mass is 10.3. The molecule has 0 aromatic carbocycles. The molecular weight excluding hydrogens is 157 g/mol. The van der Waals surface area contributed by atoms with Gasteiger partial charge in [0.25, 0.3) is 0 Å². The third-order valence-corrected chi connectivity index (χ3v) is 1.44. The Morgan fingerprint density at radius 1 is 1.42 bits per heavy atom. The highest BCUT2D eigenvalue weighted by Crippen LogP contribution is 2.00. The Hall–Kier alpha value is -1.45. The van der Waals surface area contributed by atoms with Crippen LogP contribution in [0.15, 0.2) is 24.7 Å². The molecule has 2 aromatic rings. The highest BCUT2D eigenvalue weighted by Gasteiger charge is 1.91. The lowest BCUT2D eigenvalue weighted by molar-refractivity contribution is 0.636. The van der Waals surface area contributed by atoms with Crippen molar-refractivity contribution >= 4 is 5.65 Å². The summed E-state index contributed by atoms with van der Waals surface area (Å²) in [6.07, 6.45) is 3.45. The molecule has 0 saturated carbocycles. The van der Waals surface area contributed by atoms with Gasteiger partial charge in [-0.15, -0.1) is 0 Å². The van der Waals surface area contributed by atoms with E-state index in [0.29, 0.717) is 7.18 Å². The fourth-order valence-corrected chi connectivity index (χ4v) is 0.917. The molecule has 0 aliphatic rings. The van der Waals surface area contributed by atoms with Crippen molar-refractivity contribution < 1.29 is 4.39 Å². The van der Waals surface area contributed by atoms with Gasteiger partial charge in [0.05, 0.1) is 7.18 Å². The second-order valence-electron chi connectivity index (χ2n) is 2.27. The maximum Gasteiger partial charge on any atom is 0.155 e. The van der Waals surface area contributed by atoms with Crippen LogP contribution in [0.5, 0.6) is 0 Å². The summed E-state index contributed by atoms with van der Waals surface area (Å²) in [7, 11) is 0.500. The van der Waals surface area contributed by atoms with Crippen LogP contribution >= 0.6 is 0 Å². The van der Waals surface area contributed by atoms with Crippen LogP contribution < -0.4 is 0 Å². The lowest BCUT2D eigenvalue weighted by Crippen LogP contribution is -1.85. The zero-order chi connectivity index (χ0) is 8.97. The quantitative estimate of drug-likeness (QED) is 0.596. The van der Waals surface area contributed by atoms with Crippen LogP contribution in [0, 0.1) is 6.92 Å². The first-order chi connectivity index (χ1) is 5.86. The molecule has 2 aromatic heterocycles. The van der Waals surface area contributed by atoms with Gasteiger partial charge >= 0.3 is 0 Å². The van der Waals surface area contributed by atoms with Gasteiger partial charge in [-0.1, -0.05) is 0 Å². The Kier molecular flexibility index (Phi) is 2.74. The molecule has 64 valence electrons. The van der Waals surface area contributed by atoms with Gasteiger partial charge in [0.2, 0.25) is 0 Å². The maximum absolute atomic E-state index is 9.50. The Morgan fingerprint density at radius 2 is 2.17 bits per heavy atom. The van der Waals surface area contributed by atoms with Crippen LogP contribution in [0.2, 0.25) is 0 Å². The maximum atomic E-state index is 9.50. The largest absolute Gasteiger partial charge is 0.255 e. The molecule has 0 saturated heterocycles. The Bertz CT molecular complexity index is 356. The topological polar surface area (TPSA) is 30.2 Å². The summed E-state index contributed by atoms with van der Waals surface area (Å²) < 4.78 is 11.2. The molecule has 0 aliphatic heterocycles. The molecule has 2 heterocycles. The van der Waals surface area contributed by atoms with Gasteiger partial charge in [-0.25, -0.2) is 9.50 Å². The van der Waals surface area contributed by atoms with Gasteiger partial charge in [-0.05, 0) is 24.6 Å². The summed E-state index contributed by atoms with van der Waals surface area (Å²) in [6, 6.07) is 3.99. The first-order valence-electron chi connectivity index (χ1n) is 3.50. The zero-order valence-electron chi connectivity index (χ0n) is 7.03. The van der Waals surface area contributed by atoms with E-state index < -0.39 is 0 Å². The normalized spacial score (nSPS) is 9.25. The van der Waals surface area contributed by atoms with Crippen LogP contribution in [0.1, 0.15) is 5.56 Å². The molecular formula is C8H10FN3. The van der Waals surface area contributed by atoms with E-state index in [4.69, 9.17) is 0 Å². The van der Waals surface area contributed by atoms with Crippen LogP contribution in [-0.4, -0.2) is 21.8 Å². The summed E-state index contributed by atoms with van der Waals surface area (Å²) in [4.78, 5) is 4.03. The SMILES string of the molecule is CF.Cc1ccn2ncnc2c1. The molecule has 0 atom stereocenters. The molecule has 0 spiro atoms. The van der Waals surface area contributed by atoms with Gasteiger partial charge in [0.15, 0.2) is 5.65 Å². The minimum Gasteiger partial charge on any atom is -0.255 e. The molecule has 0 fully saturated rings. The van der Waals surface area contributed by atoms with Gasteiger partial charge < -0.3 is 0 Å². The fourth-order valence-electron chi connectivity index (χ4n) is 0.917. The summed E-state index contributed by atoms with van der Waals surface area (Å²) in [5.41, 5.74) is 2.11. The van der Waals surface area contributed by atoms with Crippen LogP contribution in [0.4, 0.5) is 4.39 Å². The average Bonchev–Trinajstić information content (AvgIpc) is 2.54. The number of fused-ring (bicyclic) bond motifs is 1. The molecule has 2 rings (SSSR count). The van der Waals surface area contributed by atoms with E-state index in [1.807, 2.05) is 25.3 Å². The molecule has 0 bridgehead atoms. The van der Waals surface area contributed by atoms with Gasteiger partial charge in [-0.3, -0.25) is 4.39 Å². The number of nitrogens with zero attached hydrogens (tertiary/aromatic N) is 3. The minimum atomic E-state index is 0.500. The van der Waals surface area contributed by atoms with E-state index in [0.717, 1.165) is 5.65 Å². The second kappa shape index (κ2) is 3.80. The van der Waals surface area contributed by atoms with Crippen molar-refractivity contribution in [3.8, 4) is 0 Å². The van der Waals surface area contributed by atoms with Crippen molar-refractivity contribution in [2.45, 2.75) is 6.92 Å². The molecule has 3 nitrogen and oxygen atoms in total. The van der Waals surface area contributed by atoms with Crippen LogP contribution in [-0.2, 0) is 0 Å². The first kappa shape index (κ1) is 8.64. The first-order valence-corrected chi connectivity index (χ1v) is 3.50. The van der Waals surface area contributed by atoms with Gasteiger partial charge in [0.1, 0.15) is 6.33 Å². The Morgan fingerprint density at radius 3 is 2.92 bits per heavy atom. The third kappa shape index (κ3) is 1.58. The molecule has 0 amide bonds. The summed E-state index contributed by atoms with van der Waals surface area (Å²) in [6.45, 7) is 2.04. The number of hydrogen-bond acceptors (Lipinski definition) is 2. The van der Waals surface area contributed by atoms with Crippen molar-refractivity contribution in [2.24, 2.45) is 0 Å². The lowest BCUT2D eigenvalue weighted by Gasteiger charge is -1.90. The van der Waals surface area contributed by atoms with Crippen LogP contribution in [0.25, 0.3) is 5.65 Å². The van der Waals surface area contributed by atoms with E-state index in [1.54, 1.807) is 10.8 Å². The molecule has 0 N–H and O–H groups in total. The van der Waals surface area contributed by atoms with E-state index in [9.17, 15) is 4.39 Å². The van der Waals surface area contributed by atoms with Gasteiger partial charge in [-0.2, -0.15) is 5.10 Å². The van der Waals surface area contributed by atoms with Gasteiger partial charge in [0, 0.05) is 6.20 Å². The standard InChI is InChI=1S/C7H7N3.CH3F/c1-6-2-3-10-7(4-6)8-5-9-10;1-2/h2-5H,1H3;1H3.